The first-order chi connectivity index (χ1) is 7.66. The molecule has 94 valence electrons. The first-order valence-corrected chi connectivity index (χ1v) is 6.34. The SMILES string of the molecule is CC1(O)CCCN(CCC2OCCCO2)C1. The third kappa shape index (κ3) is 3.70. The van der Waals surface area contributed by atoms with E-state index in [1.807, 2.05) is 6.92 Å². The van der Waals surface area contributed by atoms with Crippen molar-refractivity contribution in [2.75, 3.05) is 32.8 Å². The van der Waals surface area contributed by atoms with E-state index >= 15 is 0 Å². The zero-order valence-corrected chi connectivity index (χ0v) is 10.2. The average Bonchev–Trinajstić information content (AvgIpc) is 2.27. The summed E-state index contributed by atoms with van der Waals surface area (Å²) in [5.41, 5.74) is -0.507. The summed E-state index contributed by atoms with van der Waals surface area (Å²) < 4.78 is 11.0. The highest BCUT2D eigenvalue weighted by Crippen LogP contribution is 2.21. The van der Waals surface area contributed by atoms with Crippen molar-refractivity contribution < 1.29 is 14.6 Å². The normalized spacial score (nSPS) is 34.1. The van der Waals surface area contributed by atoms with Gasteiger partial charge >= 0.3 is 0 Å². The van der Waals surface area contributed by atoms with Crippen LogP contribution in [0.3, 0.4) is 0 Å². The molecule has 2 saturated heterocycles. The third-order valence-corrected chi connectivity index (χ3v) is 3.33. The van der Waals surface area contributed by atoms with E-state index in [2.05, 4.69) is 4.90 Å². The lowest BCUT2D eigenvalue weighted by Crippen LogP contribution is -2.47. The molecule has 0 amide bonds. The van der Waals surface area contributed by atoms with Crippen LogP contribution < -0.4 is 0 Å². The molecule has 0 aromatic carbocycles. The summed E-state index contributed by atoms with van der Waals surface area (Å²) in [5, 5.41) is 9.98. The van der Waals surface area contributed by atoms with Gasteiger partial charge in [0.05, 0.1) is 18.8 Å². The molecule has 1 atom stereocenters. The molecule has 2 heterocycles. The van der Waals surface area contributed by atoms with E-state index in [-0.39, 0.29) is 6.29 Å². The highest BCUT2D eigenvalue weighted by atomic mass is 16.7. The number of hydrogen-bond acceptors (Lipinski definition) is 4. The molecular formula is C12H23NO3. The zero-order valence-electron chi connectivity index (χ0n) is 10.2. The maximum absolute atomic E-state index is 9.98. The van der Waals surface area contributed by atoms with Crippen LogP contribution in [0.5, 0.6) is 0 Å². The molecule has 4 heteroatoms. The lowest BCUT2D eigenvalue weighted by molar-refractivity contribution is -0.183. The Bertz CT molecular complexity index is 214. The first kappa shape index (κ1) is 12.3. The molecule has 0 bridgehead atoms. The largest absolute Gasteiger partial charge is 0.389 e. The van der Waals surface area contributed by atoms with Crippen LogP contribution in [-0.2, 0) is 9.47 Å². The summed E-state index contributed by atoms with van der Waals surface area (Å²) in [6.07, 6.45) is 3.89. The van der Waals surface area contributed by atoms with E-state index in [1.54, 1.807) is 0 Å². The second kappa shape index (κ2) is 5.45. The Morgan fingerprint density at radius 1 is 1.31 bits per heavy atom. The van der Waals surface area contributed by atoms with Crippen molar-refractivity contribution in [3.63, 3.8) is 0 Å². The Hall–Kier alpha value is -0.160. The Morgan fingerprint density at radius 3 is 2.75 bits per heavy atom. The Morgan fingerprint density at radius 2 is 2.06 bits per heavy atom. The van der Waals surface area contributed by atoms with Crippen LogP contribution in [0.1, 0.15) is 32.6 Å². The predicted octanol–water partition coefficient (Wildman–Crippen LogP) is 0.986. The molecule has 0 aromatic heterocycles. The van der Waals surface area contributed by atoms with Gasteiger partial charge in [0.1, 0.15) is 0 Å². The topological polar surface area (TPSA) is 41.9 Å². The molecule has 0 aliphatic carbocycles. The molecule has 2 rings (SSSR count). The van der Waals surface area contributed by atoms with Crippen molar-refractivity contribution in [2.45, 2.75) is 44.5 Å². The van der Waals surface area contributed by atoms with Gasteiger partial charge in [0.25, 0.3) is 0 Å². The third-order valence-electron chi connectivity index (χ3n) is 3.33. The maximum atomic E-state index is 9.98. The monoisotopic (exact) mass is 229 g/mol. The molecule has 0 aromatic rings. The second-order valence-electron chi connectivity index (χ2n) is 5.19. The van der Waals surface area contributed by atoms with Crippen molar-refractivity contribution in [1.82, 2.24) is 4.90 Å². The summed E-state index contributed by atoms with van der Waals surface area (Å²) >= 11 is 0. The zero-order chi connectivity index (χ0) is 11.4. The number of piperidine rings is 1. The standard InChI is InChI=1S/C12H23NO3/c1-12(14)5-2-6-13(10-12)7-4-11-15-8-3-9-16-11/h11,14H,2-10H2,1H3. The van der Waals surface area contributed by atoms with Gasteiger partial charge in [0.2, 0.25) is 0 Å². The molecule has 2 fully saturated rings. The van der Waals surface area contributed by atoms with E-state index in [9.17, 15) is 5.11 Å². The highest BCUT2D eigenvalue weighted by Gasteiger charge is 2.28. The number of aliphatic hydroxyl groups is 1. The van der Waals surface area contributed by atoms with Crippen molar-refractivity contribution in [2.24, 2.45) is 0 Å². The smallest absolute Gasteiger partial charge is 0.158 e. The molecule has 16 heavy (non-hydrogen) atoms. The van der Waals surface area contributed by atoms with Gasteiger partial charge in [-0.2, -0.15) is 0 Å². The molecule has 2 aliphatic heterocycles. The van der Waals surface area contributed by atoms with Crippen molar-refractivity contribution in [3.05, 3.63) is 0 Å². The fourth-order valence-electron chi connectivity index (χ4n) is 2.51. The van der Waals surface area contributed by atoms with E-state index in [4.69, 9.17) is 9.47 Å². The molecular weight excluding hydrogens is 206 g/mol. The molecule has 4 nitrogen and oxygen atoms in total. The number of likely N-dealkylation sites (tertiary alicyclic amines) is 1. The second-order valence-corrected chi connectivity index (χ2v) is 5.19. The number of rotatable bonds is 3. The molecule has 0 spiro atoms. The van der Waals surface area contributed by atoms with Gasteiger partial charge in [-0.15, -0.1) is 0 Å². The summed E-state index contributed by atoms with van der Waals surface area (Å²) in [6, 6.07) is 0. The fraction of sp³-hybridized carbons (Fsp3) is 1.00. The minimum absolute atomic E-state index is 0.0272. The highest BCUT2D eigenvalue weighted by molar-refractivity contribution is 4.82. The van der Waals surface area contributed by atoms with Crippen LogP contribution in [0.2, 0.25) is 0 Å². The average molecular weight is 229 g/mol. The minimum atomic E-state index is -0.507. The summed E-state index contributed by atoms with van der Waals surface area (Å²) in [7, 11) is 0. The summed E-state index contributed by atoms with van der Waals surface area (Å²) in [4.78, 5) is 2.31. The van der Waals surface area contributed by atoms with Gasteiger partial charge in [-0.25, -0.2) is 0 Å². The Balaban J connectivity index is 1.68. The molecule has 0 saturated carbocycles. The quantitative estimate of drug-likeness (QED) is 0.783. The van der Waals surface area contributed by atoms with Crippen LogP contribution in [0, 0.1) is 0 Å². The van der Waals surface area contributed by atoms with Gasteiger partial charge in [-0.05, 0) is 32.7 Å². The van der Waals surface area contributed by atoms with Crippen LogP contribution >= 0.6 is 0 Å². The fourth-order valence-corrected chi connectivity index (χ4v) is 2.51. The van der Waals surface area contributed by atoms with Crippen molar-refractivity contribution in [3.8, 4) is 0 Å². The molecule has 0 radical (unpaired) electrons. The summed E-state index contributed by atoms with van der Waals surface area (Å²) in [5.74, 6) is 0. The van der Waals surface area contributed by atoms with Crippen LogP contribution in [0.15, 0.2) is 0 Å². The van der Waals surface area contributed by atoms with Gasteiger partial charge < -0.3 is 19.5 Å². The van der Waals surface area contributed by atoms with Gasteiger partial charge in [0, 0.05) is 19.5 Å². The van der Waals surface area contributed by atoms with Gasteiger partial charge in [0.15, 0.2) is 6.29 Å². The molecule has 1 N–H and O–H groups in total. The summed E-state index contributed by atoms with van der Waals surface area (Å²) in [6.45, 7) is 6.39. The van der Waals surface area contributed by atoms with E-state index in [0.717, 1.165) is 58.5 Å². The van der Waals surface area contributed by atoms with Crippen molar-refractivity contribution >= 4 is 0 Å². The first-order valence-electron chi connectivity index (χ1n) is 6.34. The lowest BCUT2D eigenvalue weighted by Gasteiger charge is -2.37. The van der Waals surface area contributed by atoms with Gasteiger partial charge in [-0.1, -0.05) is 0 Å². The Kier molecular flexibility index (Phi) is 4.19. The number of β-amino-alcohol motifs (C(OH)–C–C–N with tert-alkyl or cyclic N) is 1. The van der Waals surface area contributed by atoms with E-state index in [1.165, 1.54) is 0 Å². The maximum Gasteiger partial charge on any atom is 0.158 e. The number of hydrogen-bond donors (Lipinski definition) is 1. The molecule has 1 unspecified atom stereocenters. The number of nitrogens with zero attached hydrogens (tertiary/aromatic N) is 1. The van der Waals surface area contributed by atoms with Crippen LogP contribution in [0.25, 0.3) is 0 Å². The van der Waals surface area contributed by atoms with Gasteiger partial charge in [-0.3, -0.25) is 0 Å². The Labute approximate surface area is 97.5 Å². The molecule has 2 aliphatic rings. The number of ether oxygens (including phenoxy) is 2. The van der Waals surface area contributed by atoms with Crippen LogP contribution in [0.4, 0.5) is 0 Å². The van der Waals surface area contributed by atoms with Crippen LogP contribution in [-0.4, -0.2) is 54.7 Å². The van der Waals surface area contributed by atoms with Crippen molar-refractivity contribution in [1.29, 1.82) is 0 Å². The van der Waals surface area contributed by atoms with E-state index in [0.29, 0.717) is 0 Å². The predicted molar refractivity (Wildman–Crippen MR) is 61.2 cm³/mol. The van der Waals surface area contributed by atoms with E-state index < -0.39 is 5.60 Å². The minimum Gasteiger partial charge on any atom is -0.389 e. The lowest BCUT2D eigenvalue weighted by atomic mass is 9.95.